The van der Waals surface area contributed by atoms with Crippen molar-refractivity contribution in [3.63, 3.8) is 0 Å². The Bertz CT molecular complexity index is 914. The molecule has 0 bridgehead atoms. The molecular weight excluding hydrogens is 378 g/mol. The average molecular weight is 398 g/mol. The first-order chi connectivity index (χ1) is 13.6. The molecule has 1 amide bonds. The molecule has 0 saturated heterocycles. The number of anilines is 1. The minimum Gasteiger partial charge on any atom is -0.495 e. The van der Waals surface area contributed by atoms with Crippen LogP contribution in [0.25, 0.3) is 0 Å². The Labute approximate surface area is 168 Å². The lowest BCUT2D eigenvalue weighted by molar-refractivity contribution is -0.118. The molecule has 0 atom stereocenters. The number of hydrogen-bond donors (Lipinski definition) is 1. The number of carbonyl (C=O) groups is 1. The van der Waals surface area contributed by atoms with Gasteiger partial charge in [-0.15, -0.1) is 0 Å². The molecule has 5 nitrogen and oxygen atoms in total. The maximum absolute atomic E-state index is 12.1. The number of methoxy groups -OCH3 is 1. The molecule has 0 aliphatic rings. The summed E-state index contributed by atoms with van der Waals surface area (Å²) in [6, 6.07) is 22.0. The van der Waals surface area contributed by atoms with Crippen LogP contribution in [0.1, 0.15) is 5.56 Å². The molecule has 3 aromatic carbocycles. The number of ether oxygens (including phenoxy) is 3. The molecule has 0 heterocycles. The van der Waals surface area contributed by atoms with Crippen molar-refractivity contribution in [3.05, 3.63) is 83.4 Å². The Balaban J connectivity index is 1.49. The number of hydrogen-bond acceptors (Lipinski definition) is 4. The zero-order valence-electron chi connectivity index (χ0n) is 15.4. The summed E-state index contributed by atoms with van der Waals surface area (Å²) in [6.07, 6.45) is 0. The van der Waals surface area contributed by atoms with Crippen LogP contribution in [-0.2, 0) is 11.4 Å². The highest BCUT2D eigenvalue weighted by Crippen LogP contribution is 2.27. The molecule has 0 unspecified atom stereocenters. The quantitative estimate of drug-likeness (QED) is 0.584. The second-order valence-corrected chi connectivity index (χ2v) is 6.36. The van der Waals surface area contributed by atoms with Crippen LogP contribution in [0.4, 0.5) is 5.69 Å². The summed E-state index contributed by atoms with van der Waals surface area (Å²) in [5, 5.41) is 3.23. The van der Waals surface area contributed by atoms with E-state index in [2.05, 4.69) is 5.32 Å². The first-order valence-corrected chi connectivity index (χ1v) is 9.05. The van der Waals surface area contributed by atoms with Crippen molar-refractivity contribution in [1.82, 2.24) is 0 Å². The van der Waals surface area contributed by atoms with E-state index >= 15 is 0 Å². The van der Waals surface area contributed by atoms with Crippen molar-refractivity contribution in [2.75, 3.05) is 19.0 Å². The number of nitrogens with one attached hydrogen (secondary N) is 1. The van der Waals surface area contributed by atoms with Crippen LogP contribution < -0.4 is 19.5 Å². The largest absolute Gasteiger partial charge is 0.495 e. The highest BCUT2D eigenvalue weighted by atomic mass is 35.5. The van der Waals surface area contributed by atoms with Crippen LogP contribution >= 0.6 is 11.6 Å². The van der Waals surface area contributed by atoms with E-state index in [1.165, 1.54) is 7.11 Å². The fraction of sp³-hybridized carbons (Fsp3) is 0.136. The molecule has 0 aromatic heterocycles. The van der Waals surface area contributed by atoms with Gasteiger partial charge in [0.05, 0.1) is 12.8 Å². The molecule has 0 aliphatic heterocycles. The van der Waals surface area contributed by atoms with Crippen LogP contribution in [0.3, 0.4) is 0 Å². The number of benzene rings is 3. The third-order valence-electron chi connectivity index (χ3n) is 3.88. The van der Waals surface area contributed by atoms with Crippen molar-refractivity contribution in [1.29, 1.82) is 0 Å². The molecule has 3 aromatic rings. The van der Waals surface area contributed by atoms with Gasteiger partial charge in [0.15, 0.2) is 6.61 Å². The summed E-state index contributed by atoms with van der Waals surface area (Å²) in [6.45, 7) is 0.352. The molecule has 0 fully saturated rings. The Morgan fingerprint density at radius 1 is 0.929 bits per heavy atom. The molecule has 144 valence electrons. The average Bonchev–Trinajstić information content (AvgIpc) is 2.72. The number of amides is 1. The SMILES string of the molecule is COc1ccc(Cl)cc1NC(=O)COc1ccc(OCc2ccccc2)cc1. The summed E-state index contributed by atoms with van der Waals surface area (Å²) in [7, 11) is 1.52. The third kappa shape index (κ3) is 5.66. The molecule has 28 heavy (non-hydrogen) atoms. The zero-order chi connectivity index (χ0) is 19.8. The van der Waals surface area contributed by atoms with Gasteiger partial charge in [0.2, 0.25) is 0 Å². The van der Waals surface area contributed by atoms with Crippen molar-refractivity contribution in [2.24, 2.45) is 0 Å². The normalized spacial score (nSPS) is 10.2. The van der Waals surface area contributed by atoms with Gasteiger partial charge in [0.1, 0.15) is 23.9 Å². The predicted octanol–water partition coefficient (Wildman–Crippen LogP) is 4.95. The smallest absolute Gasteiger partial charge is 0.262 e. The lowest BCUT2D eigenvalue weighted by atomic mass is 10.2. The van der Waals surface area contributed by atoms with Gasteiger partial charge >= 0.3 is 0 Å². The highest BCUT2D eigenvalue weighted by Gasteiger charge is 2.09. The van der Waals surface area contributed by atoms with E-state index in [4.69, 9.17) is 25.8 Å². The topological polar surface area (TPSA) is 56.8 Å². The van der Waals surface area contributed by atoms with Gasteiger partial charge in [-0.3, -0.25) is 4.79 Å². The fourth-order valence-electron chi connectivity index (χ4n) is 2.49. The van der Waals surface area contributed by atoms with Gasteiger partial charge in [-0.25, -0.2) is 0 Å². The molecule has 3 rings (SSSR count). The van der Waals surface area contributed by atoms with E-state index < -0.39 is 0 Å². The maximum Gasteiger partial charge on any atom is 0.262 e. The summed E-state index contributed by atoms with van der Waals surface area (Å²) < 4.78 is 16.5. The van der Waals surface area contributed by atoms with Crippen LogP contribution in [0.5, 0.6) is 17.2 Å². The molecule has 0 aliphatic carbocycles. The first kappa shape index (κ1) is 19.6. The van der Waals surface area contributed by atoms with Crippen molar-refractivity contribution in [2.45, 2.75) is 6.61 Å². The van der Waals surface area contributed by atoms with E-state index in [-0.39, 0.29) is 12.5 Å². The van der Waals surface area contributed by atoms with Crippen LogP contribution in [0.2, 0.25) is 5.02 Å². The number of rotatable bonds is 8. The van der Waals surface area contributed by atoms with Crippen molar-refractivity contribution < 1.29 is 19.0 Å². The van der Waals surface area contributed by atoms with E-state index in [0.717, 1.165) is 11.3 Å². The zero-order valence-corrected chi connectivity index (χ0v) is 16.1. The van der Waals surface area contributed by atoms with Gasteiger partial charge in [0, 0.05) is 5.02 Å². The summed E-state index contributed by atoms with van der Waals surface area (Å²) in [5.74, 6) is 1.51. The second-order valence-electron chi connectivity index (χ2n) is 5.93. The van der Waals surface area contributed by atoms with Gasteiger partial charge in [0.25, 0.3) is 5.91 Å². The van der Waals surface area contributed by atoms with Crippen LogP contribution in [0, 0.1) is 0 Å². The molecular formula is C22H20ClNO4. The first-order valence-electron chi connectivity index (χ1n) is 8.67. The lowest BCUT2D eigenvalue weighted by Gasteiger charge is -2.11. The van der Waals surface area contributed by atoms with Crippen molar-refractivity contribution >= 4 is 23.2 Å². The van der Waals surface area contributed by atoms with Gasteiger partial charge in [-0.2, -0.15) is 0 Å². The molecule has 0 saturated carbocycles. The van der Waals surface area contributed by atoms with Crippen molar-refractivity contribution in [3.8, 4) is 17.2 Å². The number of carbonyl (C=O) groups excluding carboxylic acids is 1. The minimum atomic E-state index is -0.315. The van der Waals surface area contributed by atoms with Gasteiger partial charge in [-0.1, -0.05) is 41.9 Å². The Hall–Kier alpha value is -3.18. The second kappa shape index (κ2) is 9.67. The molecule has 0 radical (unpaired) electrons. The van der Waals surface area contributed by atoms with Crippen LogP contribution in [-0.4, -0.2) is 19.6 Å². The monoisotopic (exact) mass is 397 g/mol. The standard InChI is InChI=1S/C22H20ClNO4/c1-26-21-12-7-17(23)13-20(21)24-22(25)15-28-19-10-8-18(9-11-19)27-14-16-5-3-2-4-6-16/h2-13H,14-15H2,1H3,(H,24,25). The summed E-state index contributed by atoms with van der Waals surface area (Å²) in [4.78, 5) is 12.1. The van der Waals surface area contributed by atoms with E-state index in [1.807, 2.05) is 30.3 Å². The van der Waals surface area contributed by atoms with E-state index in [1.54, 1.807) is 42.5 Å². The van der Waals surface area contributed by atoms with E-state index in [9.17, 15) is 4.79 Å². The number of halogens is 1. The van der Waals surface area contributed by atoms with Gasteiger partial charge in [-0.05, 0) is 48.0 Å². The summed E-state index contributed by atoms with van der Waals surface area (Å²) >= 11 is 5.96. The maximum atomic E-state index is 12.1. The molecule has 0 spiro atoms. The third-order valence-corrected chi connectivity index (χ3v) is 4.11. The predicted molar refractivity (Wildman–Crippen MR) is 109 cm³/mol. The minimum absolute atomic E-state index is 0.139. The Kier molecular flexibility index (Phi) is 6.76. The summed E-state index contributed by atoms with van der Waals surface area (Å²) in [5.41, 5.74) is 1.59. The molecule has 1 N–H and O–H groups in total. The lowest BCUT2D eigenvalue weighted by Crippen LogP contribution is -2.20. The highest BCUT2D eigenvalue weighted by molar-refractivity contribution is 6.31. The molecule has 6 heteroatoms. The van der Waals surface area contributed by atoms with Crippen LogP contribution in [0.15, 0.2) is 72.8 Å². The fourth-order valence-corrected chi connectivity index (χ4v) is 2.66. The van der Waals surface area contributed by atoms with Gasteiger partial charge < -0.3 is 19.5 Å². The van der Waals surface area contributed by atoms with E-state index in [0.29, 0.717) is 28.8 Å². The Morgan fingerprint density at radius 2 is 1.61 bits per heavy atom. The Morgan fingerprint density at radius 3 is 2.29 bits per heavy atom.